The molecule has 1 atom stereocenters. The maximum Gasteiger partial charge on any atom is 0.321 e. The van der Waals surface area contributed by atoms with Crippen LogP contribution in [0.5, 0.6) is 11.5 Å². The van der Waals surface area contributed by atoms with Crippen LogP contribution in [0.4, 0.5) is 10.5 Å². The number of carbonyl (C=O) groups excluding carboxylic acids is 2. The van der Waals surface area contributed by atoms with Crippen molar-refractivity contribution in [2.24, 2.45) is 0 Å². The normalized spacial score (nSPS) is 13.5. The molecule has 0 saturated heterocycles. The molecule has 2 rings (SSSR count). The highest BCUT2D eigenvalue weighted by atomic mass is 16.7. The molecule has 7 heteroatoms. The number of urea groups is 1. The Bertz CT molecular complexity index is 518. The number of carbonyl (C=O) groups is 2. The summed E-state index contributed by atoms with van der Waals surface area (Å²) in [5.74, 6) is 0.898. The van der Waals surface area contributed by atoms with E-state index in [4.69, 9.17) is 9.47 Å². The van der Waals surface area contributed by atoms with Gasteiger partial charge in [0.1, 0.15) is 6.04 Å². The monoisotopic (exact) mass is 279 g/mol. The number of rotatable bonds is 4. The number of anilines is 1. The molecule has 1 heterocycles. The van der Waals surface area contributed by atoms with Gasteiger partial charge in [-0.1, -0.05) is 0 Å². The molecule has 20 heavy (non-hydrogen) atoms. The summed E-state index contributed by atoms with van der Waals surface area (Å²) in [5, 5.41) is 7.73. The summed E-state index contributed by atoms with van der Waals surface area (Å²) in [6.07, 6.45) is 0. The SMILES string of the molecule is CCNC(=O)NC(=O)[C@@H](C)Nc1ccc2c(c1)OCO2. The zero-order valence-corrected chi connectivity index (χ0v) is 11.4. The smallest absolute Gasteiger partial charge is 0.321 e. The zero-order valence-electron chi connectivity index (χ0n) is 11.4. The number of hydrogen-bond acceptors (Lipinski definition) is 5. The molecule has 0 saturated carbocycles. The highest BCUT2D eigenvalue weighted by molar-refractivity contribution is 5.97. The molecule has 1 aliphatic rings. The van der Waals surface area contributed by atoms with E-state index < -0.39 is 18.0 Å². The first-order valence-electron chi connectivity index (χ1n) is 6.35. The maximum absolute atomic E-state index is 11.8. The van der Waals surface area contributed by atoms with E-state index in [0.29, 0.717) is 23.7 Å². The second-order valence-electron chi connectivity index (χ2n) is 4.28. The minimum atomic E-state index is -0.557. The average molecular weight is 279 g/mol. The topological polar surface area (TPSA) is 88.7 Å². The fraction of sp³-hybridized carbons (Fsp3) is 0.385. The fourth-order valence-corrected chi connectivity index (χ4v) is 1.73. The quantitative estimate of drug-likeness (QED) is 0.767. The van der Waals surface area contributed by atoms with Crippen LogP contribution in [0.2, 0.25) is 0 Å². The fourth-order valence-electron chi connectivity index (χ4n) is 1.73. The van der Waals surface area contributed by atoms with Crippen molar-refractivity contribution in [2.75, 3.05) is 18.7 Å². The van der Waals surface area contributed by atoms with Gasteiger partial charge in [-0.25, -0.2) is 4.79 Å². The van der Waals surface area contributed by atoms with Gasteiger partial charge in [0.15, 0.2) is 11.5 Å². The predicted molar refractivity (Wildman–Crippen MR) is 72.9 cm³/mol. The lowest BCUT2D eigenvalue weighted by Gasteiger charge is -2.15. The molecule has 3 N–H and O–H groups in total. The summed E-state index contributed by atoms with van der Waals surface area (Å²) in [7, 11) is 0. The van der Waals surface area contributed by atoms with Gasteiger partial charge in [-0.15, -0.1) is 0 Å². The Balaban J connectivity index is 1.92. The van der Waals surface area contributed by atoms with Crippen molar-refractivity contribution >= 4 is 17.6 Å². The summed E-state index contributed by atoms with van der Waals surface area (Å²) in [6.45, 7) is 4.10. The summed E-state index contributed by atoms with van der Waals surface area (Å²) < 4.78 is 10.5. The first kappa shape index (κ1) is 14.0. The summed E-state index contributed by atoms with van der Waals surface area (Å²) >= 11 is 0. The van der Waals surface area contributed by atoms with Gasteiger partial charge in [0.05, 0.1) is 0 Å². The lowest BCUT2D eigenvalue weighted by atomic mass is 10.2. The van der Waals surface area contributed by atoms with Gasteiger partial charge in [-0.2, -0.15) is 0 Å². The van der Waals surface area contributed by atoms with Crippen molar-refractivity contribution in [3.63, 3.8) is 0 Å². The summed E-state index contributed by atoms with van der Waals surface area (Å²) in [6, 6.07) is 4.23. The largest absolute Gasteiger partial charge is 0.454 e. The molecule has 7 nitrogen and oxygen atoms in total. The van der Waals surface area contributed by atoms with E-state index in [1.54, 1.807) is 32.0 Å². The molecule has 0 bridgehead atoms. The van der Waals surface area contributed by atoms with Crippen LogP contribution in [0.25, 0.3) is 0 Å². The molecule has 0 spiro atoms. The van der Waals surface area contributed by atoms with Crippen LogP contribution in [-0.4, -0.2) is 31.3 Å². The third-order valence-corrected chi connectivity index (χ3v) is 2.72. The van der Waals surface area contributed by atoms with Gasteiger partial charge in [-0.3, -0.25) is 10.1 Å². The van der Waals surface area contributed by atoms with E-state index in [0.717, 1.165) is 0 Å². The van der Waals surface area contributed by atoms with Crippen LogP contribution < -0.4 is 25.4 Å². The average Bonchev–Trinajstić information content (AvgIpc) is 2.86. The molecule has 108 valence electrons. The van der Waals surface area contributed by atoms with Gasteiger partial charge >= 0.3 is 6.03 Å². The number of ether oxygens (including phenoxy) is 2. The number of benzene rings is 1. The highest BCUT2D eigenvalue weighted by Crippen LogP contribution is 2.34. The third kappa shape index (κ3) is 3.31. The first-order chi connectivity index (χ1) is 9.60. The van der Waals surface area contributed by atoms with Gasteiger partial charge in [0.2, 0.25) is 12.7 Å². The summed E-state index contributed by atoms with van der Waals surface area (Å²) in [4.78, 5) is 23.0. The molecule has 0 aliphatic carbocycles. The molecule has 1 aromatic carbocycles. The van der Waals surface area contributed by atoms with Crippen LogP contribution in [-0.2, 0) is 4.79 Å². The standard InChI is InChI=1S/C13H17N3O4/c1-3-14-13(18)16-12(17)8(2)15-9-4-5-10-11(6-9)20-7-19-10/h4-6,8,15H,3,7H2,1-2H3,(H2,14,16,17,18)/t8-/m1/s1. The van der Waals surface area contributed by atoms with Crippen molar-refractivity contribution in [1.82, 2.24) is 10.6 Å². The molecule has 0 unspecified atom stereocenters. The summed E-state index contributed by atoms with van der Waals surface area (Å²) in [5.41, 5.74) is 0.716. The van der Waals surface area contributed by atoms with Crippen LogP contribution in [0, 0.1) is 0 Å². The molecule has 0 radical (unpaired) electrons. The predicted octanol–water partition coefficient (Wildman–Crippen LogP) is 1.06. The Labute approximate surface area is 116 Å². The second kappa shape index (κ2) is 6.14. The van der Waals surface area contributed by atoms with Crippen LogP contribution in [0.1, 0.15) is 13.8 Å². The molecule has 0 aromatic heterocycles. The Kier molecular flexibility index (Phi) is 4.29. The Morgan fingerprint density at radius 2 is 2.05 bits per heavy atom. The third-order valence-electron chi connectivity index (χ3n) is 2.72. The molecule has 3 amide bonds. The molecular formula is C13H17N3O4. The first-order valence-corrected chi connectivity index (χ1v) is 6.35. The van der Waals surface area contributed by atoms with Crippen molar-refractivity contribution < 1.29 is 19.1 Å². The Morgan fingerprint density at radius 3 is 2.80 bits per heavy atom. The lowest BCUT2D eigenvalue weighted by molar-refractivity contribution is -0.120. The number of fused-ring (bicyclic) bond motifs is 1. The molecule has 1 aliphatic heterocycles. The minimum absolute atomic E-state index is 0.200. The van der Waals surface area contributed by atoms with Crippen molar-refractivity contribution in [1.29, 1.82) is 0 Å². The van der Waals surface area contributed by atoms with Crippen LogP contribution in [0.3, 0.4) is 0 Å². The van der Waals surface area contributed by atoms with Crippen molar-refractivity contribution in [3.8, 4) is 11.5 Å². The van der Waals surface area contributed by atoms with Gasteiger partial charge in [-0.05, 0) is 26.0 Å². The minimum Gasteiger partial charge on any atom is -0.454 e. The zero-order chi connectivity index (χ0) is 14.5. The van der Waals surface area contributed by atoms with Gasteiger partial charge in [0.25, 0.3) is 0 Å². The van der Waals surface area contributed by atoms with E-state index in [1.807, 2.05) is 0 Å². The Morgan fingerprint density at radius 1 is 1.30 bits per heavy atom. The van der Waals surface area contributed by atoms with Gasteiger partial charge in [0, 0.05) is 18.3 Å². The second-order valence-corrected chi connectivity index (χ2v) is 4.28. The van der Waals surface area contributed by atoms with E-state index in [-0.39, 0.29) is 6.79 Å². The van der Waals surface area contributed by atoms with Crippen LogP contribution >= 0.6 is 0 Å². The van der Waals surface area contributed by atoms with Crippen molar-refractivity contribution in [2.45, 2.75) is 19.9 Å². The molecular weight excluding hydrogens is 262 g/mol. The number of hydrogen-bond donors (Lipinski definition) is 3. The van der Waals surface area contributed by atoms with E-state index in [1.165, 1.54) is 0 Å². The van der Waals surface area contributed by atoms with E-state index in [9.17, 15) is 9.59 Å². The number of imide groups is 1. The van der Waals surface area contributed by atoms with Crippen molar-refractivity contribution in [3.05, 3.63) is 18.2 Å². The van der Waals surface area contributed by atoms with E-state index >= 15 is 0 Å². The van der Waals surface area contributed by atoms with Crippen LogP contribution in [0.15, 0.2) is 18.2 Å². The van der Waals surface area contributed by atoms with Gasteiger partial charge < -0.3 is 20.1 Å². The highest BCUT2D eigenvalue weighted by Gasteiger charge is 2.17. The molecule has 0 fully saturated rings. The number of amides is 3. The number of nitrogens with one attached hydrogen (secondary N) is 3. The van der Waals surface area contributed by atoms with E-state index in [2.05, 4.69) is 16.0 Å². The Hall–Kier alpha value is -2.44. The molecule has 1 aromatic rings. The lowest BCUT2D eigenvalue weighted by Crippen LogP contribution is -2.45. The maximum atomic E-state index is 11.8.